The van der Waals surface area contributed by atoms with Crippen LogP contribution in [0.3, 0.4) is 0 Å². The topological polar surface area (TPSA) is 85.4 Å². The second-order valence-corrected chi connectivity index (χ2v) is 14.8. The van der Waals surface area contributed by atoms with Crippen LogP contribution in [0.2, 0.25) is 0 Å². The molecule has 1 rings (SSSR count). The van der Waals surface area contributed by atoms with Crippen molar-refractivity contribution in [2.24, 2.45) is 0 Å². The molecule has 1 heterocycles. The maximum Gasteiger partial charge on any atom is 0.306 e. The number of esters is 2. The molecule has 0 bridgehead atoms. The number of hydrogen-bond acceptors (Lipinski definition) is 6. The van der Waals surface area contributed by atoms with Crippen molar-refractivity contribution in [1.29, 1.82) is 0 Å². The number of unbranched alkanes of at least 4 members (excludes halogenated alkanes) is 22. The number of allylic oxidation sites excluding steroid dienone is 4. The van der Waals surface area contributed by atoms with Crippen molar-refractivity contribution in [3.8, 4) is 0 Å². The lowest BCUT2D eigenvalue weighted by Gasteiger charge is -2.15. The van der Waals surface area contributed by atoms with E-state index in [1.54, 1.807) is 0 Å². The van der Waals surface area contributed by atoms with Gasteiger partial charge in [0.2, 0.25) is 0 Å². The lowest BCUT2D eigenvalue weighted by atomic mass is 10.0. The van der Waals surface area contributed by atoms with Crippen LogP contribution in [0.15, 0.2) is 36.5 Å². The third-order valence-electron chi connectivity index (χ3n) is 9.84. The fourth-order valence-corrected chi connectivity index (χ4v) is 6.41. The monoisotopic (exact) mass is 717 g/mol. The third kappa shape index (κ3) is 32.5. The summed E-state index contributed by atoms with van der Waals surface area (Å²) in [4.78, 5) is 24.3. The predicted octanol–water partition coefficient (Wildman–Crippen LogP) is 12.6. The number of carbonyl (C=O) groups excluding carboxylic acids is 2. The molecule has 0 aromatic rings. The Bertz CT molecular complexity index is 880. The predicted molar refractivity (Wildman–Crippen MR) is 214 cm³/mol. The van der Waals surface area contributed by atoms with Crippen molar-refractivity contribution in [2.75, 3.05) is 13.2 Å². The summed E-state index contributed by atoms with van der Waals surface area (Å²) in [6.07, 6.45) is 48.2. The first-order valence-electron chi connectivity index (χ1n) is 21.7. The maximum atomic E-state index is 12.2. The van der Waals surface area contributed by atoms with Crippen molar-refractivity contribution in [2.45, 2.75) is 225 Å². The van der Waals surface area contributed by atoms with Crippen molar-refractivity contribution in [3.63, 3.8) is 0 Å². The Morgan fingerprint density at radius 2 is 0.980 bits per heavy atom. The van der Waals surface area contributed by atoms with Gasteiger partial charge in [0.1, 0.15) is 6.61 Å². The van der Waals surface area contributed by atoms with Gasteiger partial charge in [0, 0.05) is 12.8 Å². The largest absolute Gasteiger partial charge is 0.462 e. The number of ether oxygens (including phenoxy) is 3. The molecule has 6 heteroatoms. The number of rotatable bonds is 38. The van der Waals surface area contributed by atoms with Crippen LogP contribution in [0.25, 0.3) is 0 Å². The van der Waals surface area contributed by atoms with Crippen LogP contribution in [0, 0.1) is 0 Å². The molecule has 1 N–H and O–H groups in total. The van der Waals surface area contributed by atoms with E-state index in [0.717, 1.165) is 44.9 Å². The second-order valence-electron chi connectivity index (χ2n) is 14.8. The molecule has 0 saturated carbocycles. The van der Waals surface area contributed by atoms with E-state index >= 15 is 0 Å². The molecule has 296 valence electrons. The zero-order valence-electron chi connectivity index (χ0n) is 33.3. The summed E-state index contributed by atoms with van der Waals surface area (Å²) in [5.41, 5.74) is 0. The van der Waals surface area contributed by atoms with Crippen molar-refractivity contribution in [3.05, 3.63) is 36.5 Å². The summed E-state index contributed by atoms with van der Waals surface area (Å²) in [5.74, 6) is -0.655. The second kappa shape index (κ2) is 36.4. The van der Waals surface area contributed by atoms with Crippen molar-refractivity contribution >= 4 is 11.9 Å². The summed E-state index contributed by atoms with van der Waals surface area (Å²) in [6, 6.07) is 0. The molecular weight excluding hydrogens is 636 g/mol. The molecule has 0 aliphatic carbocycles. The van der Waals surface area contributed by atoms with E-state index in [2.05, 4.69) is 50.3 Å². The fraction of sp³-hybridized carbons (Fsp3) is 0.822. The highest BCUT2D eigenvalue weighted by molar-refractivity contribution is 5.70. The quantitative estimate of drug-likeness (QED) is 0.0296. The van der Waals surface area contributed by atoms with Gasteiger partial charge < -0.3 is 19.3 Å². The first kappa shape index (κ1) is 47.1. The summed E-state index contributed by atoms with van der Waals surface area (Å²) >= 11 is 0. The summed E-state index contributed by atoms with van der Waals surface area (Å²) in [6.45, 7) is 4.07. The first-order chi connectivity index (χ1) is 25.1. The average molecular weight is 717 g/mol. The summed E-state index contributed by atoms with van der Waals surface area (Å²) in [7, 11) is 0. The van der Waals surface area contributed by atoms with Gasteiger partial charge in [0.15, 0.2) is 6.10 Å². The highest BCUT2D eigenvalue weighted by Gasteiger charge is 2.35. The van der Waals surface area contributed by atoms with Gasteiger partial charge >= 0.3 is 11.9 Å². The Morgan fingerprint density at radius 3 is 1.53 bits per heavy atom. The van der Waals surface area contributed by atoms with E-state index in [4.69, 9.17) is 14.2 Å². The van der Waals surface area contributed by atoms with Gasteiger partial charge in [-0.05, 0) is 51.4 Å². The van der Waals surface area contributed by atoms with Crippen LogP contribution >= 0.6 is 0 Å². The number of aliphatic hydroxyl groups excluding tert-OH is 1. The smallest absolute Gasteiger partial charge is 0.306 e. The number of epoxide rings is 1. The molecule has 1 aliphatic rings. The minimum atomic E-state index is -0.795. The normalized spacial score (nSPS) is 16.5. The Kier molecular flexibility index (Phi) is 33.7. The van der Waals surface area contributed by atoms with Crippen LogP contribution < -0.4 is 0 Å². The van der Waals surface area contributed by atoms with Gasteiger partial charge in [-0.3, -0.25) is 9.59 Å². The van der Waals surface area contributed by atoms with Gasteiger partial charge in [0.05, 0.1) is 18.8 Å². The van der Waals surface area contributed by atoms with Gasteiger partial charge in [0.25, 0.3) is 0 Å². The minimum Gasteiger partial charge on any atom is -0.462 e. The number of carbonyl (C=O) groups is 2. The fourth-order valence-electron chi connectivity index (χ4n) is 6.41. The minimum absolute atomic E-state index is 0.0955. The molecule has 0 amide bonds. The van der Waals surface area contributed by atoms with Crippen LogP contribution in [0.1, 0.15) is 206 Å². The highest BCUT2D eigenvalue weighted by Crippen LogP contribution is 2.29. The average Bonchev–Trinajstić information content (AvgIpc) is 3.89. The highest BCUT2D eigenvalue weighted by atomic mass is 16.6. The Labute approximate surface area is 314 Å². The first-order valence-corrected chi connectivity index (χ1v) is 21.7. The molecule has 0 radical (unpaired) electrons. The summed E-state index contributed by atoms with van der Waals surface area (Å²) in [5, 5.41) is 9.58. The molecule has 0 spiro atoms. The van der Waals surface area contributed by atoms with E-state index in [1.807, 2.05) is 0 Å². The molecule has 1 saturated heterocycles. The molecular formula is C45H80O6. The van der Waals surface area contributed by atoms with Gasteiger partial charge in [-0.1, -0.05) is 179 Å². The van der Waals surface area contributed by atoms with Crippen molar-refractivity contribution in [1.82, 2.24) is 0 Å². The van der Waals surface area contributed by atoms with Crippen LogP contribution in [0.5, 0.6) is 0 Å². The molecule has 2 unspecified atom stereocenters. The van der Waals surface area contributed by atoms with E-state index in [0.29, 0.717) is 31.5 Å². The molecule has 1 aliphatic heterocycles. The third-order valence-corrected chi connectivity index (χ3v) is 9.84. The molecule has 0 aromatic heterocycles. The van der Waals surface area contributed by atoms with Crippen LogP contribution in [-0.4, -0.2) is 48.6 Å². The van der Waals surface area contributed by atoms with Gasteiger partial charge in [-0.2, -0.15) is 0 Å². The SMILES string of the molecule is CCCCC/C=C\CC1OC1C/C=C\C/C=C\CCCC(=O)OC[C@H](CO)OC(=O)CCCCCCCCCCCCCCCCCCCCC. The molecule has 3 atom stereocenters. The van der Waals surface area contributed by atoms with Gasteiger partial charge in [-0.25, -0.2) is 0 Å². The molecule has 6 nitrogen and oxygen atoms in total. The van der Waals surface area contributed by atoms with Crippen molar-refractivity contribution < 1.29 is 28.9 Å². The lowest BCUT2D eigenvalue weighted by molar-refractivity contribution is -0.161. The standard InChI is InChI=1S/C45H80O6/c1-3-5-7-9-11-12-13-14-15-16-17-18-19-20-21-22-25-30-34-38-45(48)50-41(39-46)40-49-44(47)37-33-29-26-23-24-28-32-36-43-42(51-43)35-31-27-10-8-6-4-2/h23,26-28,31-32,41-43,46H,3-22,24-25,29-30,33-40H2,1-2H3/b26-23-,31-27-,32-28-/t41-,42?,43?/m0/s1. The zero-order valence-corrected chi connectivity index (χ0v) is 33.3. The number of aliphatic hydroxyl groups is 1. The molecule has 51 heavy (non-hydrogen) atoms. The molecule has 1 fully saturated rings. The lowest BCUT2D eigenvalue weighted by Crippen LogP contribution is -2.28. The van der Waals surface area contributed by atoms with Gasteiger partial charge in [-0.15, -0.1) is 0 Å². The Morgan fingerprint density at radius 1 is 0.549 bits per heavy atom. The number of hydrogen-bond donors (Lipinski definition) is 1. The Hall–Kier alpha value is -1.92. The summed E-state index contributed by atoms with van der Waals surface area (Å²) < 4.78 is 16.3. The van der Waals surface area contributed by atoms with E-state index in [9.17, 15) is 14.7 Å². The van der Waals surface area contributed by atoms with Crippen LogP contribution in [0.4, 0.5) is 0 Å². The zero-order chi connectivity index (χ0) is 36.9. The van der Waals surface area contributed by atoms with E-state index in [-0.39, 0.29) is 25.2 Å². The Balaban J connectivity index is 1.88. The molecule has 0 aromatic carbocycles. The van der Waals surface area contributed by atoms with E-state index < -0.39 is 6.10 Å². The van der Waals surface area contributed by atoms with E-state index in [1.165, 1.54) is 128 Å². The van der Waals surface area contributed by atoms with Crippen LogP contribution in [-0.2, 0) is 23.8 Å². The maximum absolute atomic E-state index is 12.2.